The number of nitro benzene ring substituents is 1. The quantitative estimate of drug-likeness (QED) is 0.395. The van der Waals surface area contributed by atoms with Gasteiger partial charge in [0, 0.05) is 18.7 Å². The highest BCUT2D eigenvalue weighted by Gasteiger charge is 2.51. The molecule has 2 fully saturated rings. The van der Waals surface area contributed by atoms with Gasteiger partial charge in [-0.25, -0.2) is 4.79 Å². The number of methoxy groups -OCH3 is 2. The third kappa shape index (κ3) is 4.20. The molecule has 0 radical (unpaired) electrons. The number of nitrogens with zero attached hydrogens (tertiary/aromatic N) is 2. The van der Waals surface area contributed by atoms with Gasteiger partial charge in [0.05, 0.1) is 25.2 Å². The van der Waals surface area contributed by atoms with Crippen molar-refractivity contribution in [3.8, 4) is 11.5 Å². The molecule has 1 aliphatic heterocycles. The molecule has 2 bridgehead atoms. The Morgan fingerprint density at radius 2 is 1.80 bits per heavy atom. The van der Waals surface area contributed by atoms with Crippen LogP contribution in [0, 0.1) is 20.9 Å². The lowest BCUT2D eigenvalue weighted by Gasteiger charge is -2.39. The number of carbonyl (C=O) groups excluding carboxylic acids is 2. The van der Waals surface area contributed by atoms with Gasteiger partial charge in [0.2, 0.25) is 0 Å². The van der Waals surface area contributed by atoms with Gasteiger partial charge in [-0.2, -0.15) is 0 Å². The van der Waals surface area contributed by atoms with E-state index in [1.165, 1.54) is 20.3 Å². The van der Waals surface area contributed by atoms with Crippen LogP contribution in [-0.2, 0) is 9.53 Å². The average molecular weight is 420 g/mol. The van der Waals surface area contributed by atoms with Gasteiger partial charge in [0.15, 0.2) is 18.1 Å². The molecule has 1 saturated carbocycles. The van der Waals surface area contributed by atoms with Gasteiger partial charge in [-0.15, -0.1) is 0 Å². The number of nitro groups is 1. The highest BCUT2D eigenvalue weighted by Crippen LogP contribution is 2.52. The summed E-state index contributed by atoms with van der Waals surface area (Å²) in [5.41, 5.74) is -0.548. The van der Waals surface area contributed by atoms with E-state index in [1.54, 1.807) is 4.90 Å². The molecule has 3 rings (SSSR count). The molecule has 0 aromatic heterocycles. The fourth-order valence-electron chi connectivity index (χ4n) is 5.22. The Labute approximate surface area is 175 Å². The van der Waals surface area contributed by atoms with Gasteiger partial charge in [-0.05, 0) is 30.1 Å². The summed E-state index contributed by atoms with van der Waals surface area (Å²) in [4.78, 5) is 37.8. The maximum absolute atomic E-state index is 12.8. The van der Waals surface area contributed by atoms with Crippen LogP contribution in [0.4, 0.5) is 5.69 Å². The molecule has 164 valence electrons. The highest BCUT2D eigenvalue weighted by atomic mass is 16.6. The van der Waals surface area contributed by atoms with Crippen molar-refractivity contribution in [3.05, 3.63) is 27.8 Å². The number of carbonyl (C=O) groups is 2. The van der Waals surface area contributed by atoms with Crippen molar-refractivity contribution in [2.24, 2.45) is 10.8 Å². The van der Waals surface area contributed by atoms with Crippen molar-refractivity contribution in [2.75, 3.05) is 27.4 Å². The molecule has 1 amide bonds. The number of fused-ring (bicyclic) bond motifs is 2. The van der Waals surface area contributed by atoms with E-state index in [1.807, 2.05) is 0 Å². The monoisotopic (exact) mass is 420 g/mol. The number of likely N-dealkylation sites (tertiary alicyclic amines) is 1. The maximum atomic E-state index is 12.8. The molecule has 9 nitrogen and oxygen atoms in total. The molecule has 2 aliphatic rings. The van der Waals surface area contributed by atoms with E-state index in [0.29, 0.717) is 6.54 Å². The van der Waals surface area contributed by atoms with Gasteiger partial charge in [-0.3, -0.25) is 14.9 Å². The molecule has 1 saturated heterocycles. The first kappa shape index (κ1) is 21.9. The molecule has 0 N–H and O–H groups in total. The molecule has 1 aromatic rings. The first-order valence-corrected chi connectivity index (χ1v) is 9.86. The molecular weight excluding hydrogens is 392 g/mol. The summed E-state index contributed by atoms with van der Waals surface area (Å²) in [5, 5.41) is 11.4. The van der Waals surface area contributed by atoms with Crippen molar-refractivity contribution in [2.45, 2.75) is 46.1 Å². The lowest BCUT2D eigenvalue weighted by molar-refractivity contribution is -0.385. The smallest absolute Gasteiger partial charge is 0.345 e. The summed E-state index contributed by atoms with van der Waals surface area (Å²) in [6.45, 7) is 6.78. The Bertz CT molecular complexity index is 882. The molecule has 1 aromatic carbocycles. The number of benzene rings is 1. The van der Waals surface area contributed by atoms with Crippen molar-refractivity contribution >= 4 is 17.6 Å². The van der Waals surface area contributed by atoms with E-state index < -0.39 is 23.2 Å². The second-order valence-corrected chi connectivity index (χ2v) is 9.29. The summed E-state index contributed by atoms with van der Waals surface area (Å²) in [7, 11) is 2.70. The van der Waals surface area contributed by atoms with Crippen LogP contribution in [0.2, 0.25) is 0 Å². The van der Waals surface area contributed by atoms with Gasteiger partial charge >= 0.3 is 5.97 Å². The Hall–Kier alpha value is -2.84. The van der Waals surface area contributed by atoms with Crippen molar-refractivity contribution in [1.29, 1.82) is 0 Å². The first-order valence-electron chi connectivity index (χ1n) is 9.86. The number of hydrogen-bond acceptors (Lipinski definition) is 7. The molecule has 0 unspecified atom stereocenters. The van der Waals surface area contributed by atoms with Crippen LogP contribution in [0.3, 0.4) is 0 Å². The van der Waals surface area contributed by atoms with Gasteiger partial charge in [-0.1, -0.05) is 20.8 Å². The Balaban J connectivity index is 1.73. The first-order chi connectivity index (χ1) is 14.0. The standard InChI is InChI=1S/C21H28N2O7/c1-20(2)8-13-9-21(3,11-20)12-22(13)18(24)10-30-19(25)14-6-16(28-4)17(29-5)7-15(14)23(26)27/h6-7,13H,8-12H2,1-5H3/t13-,21-/m1/s1. The fraction of sp³-hybridized carbons (Fsp3) is 0.619. The third-order valence-corrected chi connectivity index (χ3v) is 5.98. The summed E-state index contributed by atoms with van der Waals surface area (Å²) in [6.07, 6.45) is 2.89. The van der Waals surface area contributed by atoms with Crippen LogP contribution < -0.4 is 9.47 Å². The van der Waals surface area contributed by atoms with E-state index in [0.717, 1.165) is 25.3 Å². The Kier molecular flexibility index (Phi) is 5.66. The van der Waals surface area contributed by atoms with Crippen LogP contribution in [0.1, 0.15) is 50.4 Å². The Morgan fingerprint density at radius 1 is 1.17 bits per heavy atom. The summed E-state index contributed by atoms with van der Waals surface area (Å²) < 4.78 is 15.3. The highest BCUT2D eigenvalue weighted by molar-refractivity contribution is 5.96. The van der Waals surface area contributed by atoms with E-state index >= 15 is 0 Å². The van der Waals surface area contributed by atoms with Crippen LogP contribution in [0.5, 0.6) is 11.5 Å². The van der Waals surface area contributed by atoms with Crippen LogP contribution in [0.25, 0.3) is 0 Å². The number of rotatable bonds is 6. The molecule has 1 aliphatic carbocycles. The lowest BCUT2D eigenvalue weighted by Crippen LogP contribution is -2.39. The van der Waals surface area contributed by atoms with Crippen LogP contribution in [0.15, 0.2) is 12.1 Å². The number of esters is 1. The summed E-state index contributed by atoms with van der Waals surface area (Å²) in [5.74, 6) is -0.954. The van der Waals surface area contributed by atoms with E-state index in [4.69, 9.17) is 14.2 Å². The normalized spacial score (nSPS) is 24.3. The summed E-state index contributed by atoms with van der Waals surface area (Å²) in [6, 6.07) is 2.42. The minimum absolute atomic E-state index is 0.0637. The molecule has 9 heteroatoms. The van der Waals surface area contributed by atoms with Gasteiger partial charge in [0.1, 0.15) is 5.56 Å². The predicted molar refractivity (Wildman–Crippen MR) is 108 cm³/mol. The molecule has 30 heavy (non-hydrogen) atoms. The van der Waals surface area contributed by atoms with E-state index in [2.05, 4.69) is 20.8 Å². The summed E-state index contributed by atoms with van der Waals surface area (Å²) >= 11 is 0. The minimum atomic E-state index is -0.954. The maximum Gasteiger partial charge on any atom is 0.345 e. The molecule has 1 heterocycles. The Morgan fingerprint density at radius 3 is 2.40 bits per heavy atom. The number of amides is 1. The van der Waals surface area contributed by atoms with Crippen LogP contribution in [-0.4, -0.2) is 55.1 Å². The van der Waals surface area contributed by atoms with Crippen LogP contribution >= 0.6 is 0 Å². The topological polar surface area (TPSA) is 108 Å². The fourth-order valence-corrected chi connectivity index (χ4v) is 5.22. The molecular formula is C21H28N2O7. The predicted octanol–water partition coefficient (Wildman–Crippen LogP) is 3.20. The van der Waals surface area contributed by atoms with E-state index in [-0.39, 0.29) is 39.8 Å². The SMILES string of the molecule is COc1cc(C(=O)OCC(=O)N2C[C@]3(C)C[C@H]2CC(C)(C)C3)c([N+](=O)[O-])cc1OC. The minimum Gasteiger partial charge on any atom is -0.493 e. The van der Waals surface area contributed by atoms with E-state index in [9.17, 15) is 19.7 Å². The third-order valence-electron chi connectivity index (χ3n) is 5.98. The zero-order valence-electron chi connectivity index (χ0n) is 18.0. The second kappa shape index (κ2) is 7.77. The average Bonchev–Trinajstić information content (AvgIpc) is 2.93. The largest absolute Gasteiger partial charge is 0.493 e. The van der Waals surface area contributed by atoms with Gasteiger partial charge < -0.3 is 19.1 Å². The van der Waals surface area contributed by atoms with Crippen molar-refractivity contribution in [3.63, 3.8) is 0 Å². The number of hydrogen-bond donors (Lipinski definition) is 0. The lowest BCUT2D eigenvalue weighted by atomic mass is 9.65. The number of ether oxygens (including phenoxy) is 3. The second-order valence-electron chi connectivity index (χ2n) is 9.29. The van der Waals surface area contributed by atoms with Crippen molar-refractivity contribution in [1.82, 2.24) is 4.90 Å². The zero-order chi connectivity index (χ0) is 22.3. The van der Waals surface area contributed by atoms with Gasteiger partial charge in [0.25, 0.3) is 11.6 Å². The zero-order valence-corrected chi connectivity index (χ0v) is 18.0. The van der Waals surface area contributed by atoms with Crippen molar-refractivity contribution < 1.29 is 28.7 Å². The molecule has 2 atom stereocenters. The molecule has 0 spiro atoms.